The van der Waals surface area contributed by atoms with E-state index in [0.717, 1.165) is 17.7 Å². The van der Waals surface area contributed by atoms with Crippen LogP contribution in [0.4, 0.5) is 5.69 Å². The monoisotopic (exact) mass is 388 g/mol. The molecule has 2 aromatic rings. The third-order valence-electron chi connectivity index (χ3n) is 4.38. The van der Waals surface area contributed by atoms with Crippen molar-refractivity contribution in [1.82, 2.24) is 4.90 Å². The summed E-state index contributed by atoms with van der Waals surface area (Å²) in [5.41, 5.74) is 1.14. The third kappa shape index (κ3) is 5.38. The quantitative estimate of drug-likeness (QED) is 0.754. The van der Waals surface area contributed by atoms with E-state index in [1.54, 1.807) is 47.6 Å². The molecular weight excluding hydrogens is 364 g/mol. The van der Waals surface area contributed by atoms with Crippen LogP contribution in [0.5, 0.6) is 0 Å². The minimum Gasteiger partial charge on any atom is -0.383 e. The number of nitrogens with zero attached hydrogens (tertiary/aromatic N) is 1. The number of carbonyl (C=O) groups excluding carboxylic acids is 2. The van der Waals surface area contributed by atoms with Crippen molar-refractivity contribution >= 4 is 28.8 Å². The highest BCUT2D eigenvalue weighted by molar-refractivity contribution is 7.09. The van der Waals surface area contributed by atoms with Gasteiger partial charge in [0, 0.05) is 36.4 Å². The van der Waals surface area contributed by atoms with E-state index in [4.69, 9.17) is 9.47 Å². The van der Waals surface area contributed by atoms with Crippen LogP contribution in [0.1, 0.15) is 28.1 Å². The highest BCUT2D eigenvalue weighted by Crippen LogP contribution is 2.19. The molecule has 27 heavy (non-hydrogen) atoms. The Morgan fingerprint density at radius 1 is 1.33 bits per heavy atom. The number of benzene rings is 1. The topological polar surface area (TPSA) is 67.9 Å². The summed E-state index contributed by atoms with van der Waals surface area (Å²) < 4.78 is 10.6. The van der Waals surface area contributed by atoms with Crippen molar-refractivity contribution in [2.24, 2.45) is 0 Å². The van der Waals surface area contributed by atoms with Crippen LogP contribution in [0.3, 0.4) is 0 Å². The van der Waals surface area contributed by atoms with Gasteiger partial charge in [0.15, 0.2) is 0 Å². The van der Waals surface area contributed by atoms with Crippen molar-refractivity contribution in [2.45, 2.75) is 25.5 Å². The van der Waals surface area contributed by atoms with E-state index in [1.807, 2.05) is 17.5 Å². The summed E-state index contributed by atoms with van der Waals surface area (Å²) in [4.78, 5) is 28.1. The summed E-state index contributed by atoms with van der Waals surface area (Å²) in [5.74, 6) is -0.249. The van der Waals surface area contributed by atoms with Crippen molar-refractivity contribution in [2.75, 3.05) is 32.2 Å². The Balaban J connectivity index is 1.70. The van der Waals surface area contributed by atoms with Crippen molar-refractivity contribution in [1.29, 1.82) is 0 Å². The second kappa shape index (κ2) is 9.64. The molecule has 1 fully saturated rings. The van der Waals surface area contributed by atoms with E-state index in [0.29, 0.717) is 37.6 Å². The van der Waals surface area contributed by atoms with E-state index < -0.39 is 6.10 Å². The predicted molar refractivity (Wildman–Crippen MR) is 105 cm³/mol. The fraction of sp³-hybridized carbons (Fsp3) is 0.400. The number of anilines is 1. The molecule has 1 unspecified atom stereocenters. The Morgan fingerprint density at radius 3 is 2.93 bits per heavy atom. The number of ether oxygens (including phenoxy) is 2. The molecule has 0 saturated carbocycles. The van der Waals surface area contributed by atoms with Crippen LogP contribution < -0.4 is 5.32 Å². The van der Waals surface area contributed by atoms with Crippen LogP contribution in [0, 0.1) is 0 Å². The van der Waals surface area contributed by atoms with Gasteiger partial charge < -0.3 is 19.7 Å². The Morgan fingerprint density at radius 2 is 2.22 bits per heavy atom. The van der Waals surface area contributed by atoms with Crippen LogP contribution in [-0.4, -0.2) is 49.7 Å². The standard InChI is InChI=1S/C20H24N2O4S/c1-25-11-9-22(14-17-7-4-12-27-17)20(24)15-5-2-6-16(13-15)21-19(23)18-8-3-10-26-18/h2,4-7,12-13,18H,3,8-11,14H2,1H3,(H,21,23). The number of thiophene rings is 1. The molecule has 2 heterocycles. The minimum absolute atomic E-state index is 0.0892. The van der Waals surface area contributed by atoms with Gasteiger partial charge in [-0.2, -0.15) is 0 Å². The van der Waals surface area contributed by atoms with Gasteiger partial charge in [-0.25, -0.2) is 0 Å². The molecule has 1 aromatic carbocycles. The van der Waals surface area contributed by atoms with E-state index >= 15 is 0 Å². The average molecular weight is 388 g/mol. The number of methoxy groups -OCH3 is 1. The molecule has 144 valence electrons. The van der Waals surface area contributed by atoms with Crippen LogP contribution >= 0.6 is 11.3 Å². The van der Waals surface area contributed by atoms with Crippen LogP contribution in [-0.2, 0) is 20.8 Å². The molecule has 6 nitrogen and oxygen atoms in total. The lowest BCUT2D eigenvalue weighted by Gasteiger charge is -2.22. The first-order chi connectivity index (χ1) is 13.2. The zero-order valence-corrected chi connectivity index (χ0v) is 16.2. The number of rotatable bonds is 8. The SMILES string of the molecule is COCCN(Cc1cccs1)C(=O)c1cccc(NC(=O)C2CCCO2)c1. The molecule has 1 aromatic heterocycles. The lowest BCUT2D eigenvalue weighted by molar-refractivity contribution is -0.124. The first-order valence-electron chi connectivity index (χ1n) is 9.00. The van der Waals surface area contributed by atoms with E-state index in [1.165, 1.54) is 0 Å². The second-order valence-corrected chi connectivity index (χ2v) is 7.40. The smallest absolute Gasteiger partial charge is 0.254 e. The molecule has 1 aliphatic heterocycles. The molecule has 0 spiro atoms. The molecule has 1 N–H and O–H groups in total. The molecule has 2 amide bonds. The summed E-state index contributed by atoms with van der Waals surface area (Å²) in [5, 5.41) is 4.85. The molecule has 0 bridgehead atoms. The first-order valence-corrected chi connectivity index (χ1v) is 9.88. The van der Waals surface area contributed by atoms with Crippen molar-refractivity contribution in [3.8, 4) is 0 Å². The summed E-state index contributed by atoms with van der Waals surface area (Å²) in [6.45, 7) is 2.12. The zero-order valence-electron chi connectivity index (χ0n) is 15.3. The van der Waals surface area contributed by atoms with Gasteiger partial charge in [-0.3, -0.25) is 9.59 Å². The van der Waals surface area contributed by atoms with E-state index in [9.17, 15) is 9.59 Å². The van der Waals surface area contributed by atoms with Gasteiger partial charge in [0.1, 0.15) is 6.10 Å². The zero-order chi connectivity index (χ0) is 19.1. The Bertz CT molecular complexity index is 757. The van der Waals surface area contributed by atoms with Gasteiger partial charge in [0.05, 0.1) is 13.2 Å². The third-order valence-corrected chi connectivity index (χ3v) is 5.24. The summed E-state index contributed by atoms with van der Waals surface area (Å²) in [6.07, 6.45) is 1.23. The lowest BCUT2D eigenvalue weighted by Crippen LogP contribution is -2.33. The van der Waals surface area contributed by atoms with Crippen molar-refractivity contribution in [3.63, 3.8) is 0 Å². The molecule has 0 radical (unpaired) electrons. The Hall–Kier alpha value is -2.22. The van der Waals surface area contributed by atoms with Crippen molar-refractivity contribution in [3.05, 3.63) is 52.2 Å². The predicted octanol–water partition coefficient (Wildman–Crippen LogP) is 3.15. The molecule has 3 rings (SSSR count). The highest BCUT2D eigenvalue weighted by Gasteiger charge is 2.24. The largest absolute Gasteiger partial charge is 0.383 e. The molecule has 0 aliphatic carbocycles. The van der Waals surface area contributed by atoms with Gasteiger partial charge in [0.25, 0.3) is 11.8 Å². The molecular formula is C20H24N2O4S. The normalized spacial score (nSPS) is 16.3. The summed E-state index contributed by atoms with van der Waals surface area (Å²) >= 11 is 1.62. The van der Waals surface area contributed by atoms with Gasteiger partial charge in [-0.15, -0.1) is 11.3 Å². The molecule has 7 heteroatoms. The molecule has 1 atom stereocenters. The summed E-state index contributed by atoms with van der Waals surface area (Å²) in [6, 6.07) is 11.0. The molecule has 1 aliphatic rings. The lowest BCUT2D eigenvalue weighted by atomic mass is 10.1. The summed E-state index contributed by atoms with van der Waals surface area (Å²) in [7, 11) is 1.62. The van der Waals surface area contributed by atoms with E-state index in [-0.39, 0.29) is 11.8 Å². The number of nitrogens with one attached hydrogen (secondary N) is 1. The van der Waals surface area contributed by atoms with Gasteiger partial charge in [0.2, 0.25) is 0 Å². The van der Waals surface area contributed by atoms with Gasteiger partial charge in [-0.1, -0.05) is 12.1 Å². The first kappa shape index (κ1) is 19.5. The maximum absolute atomic E-state index is 13.0. The Labute approximate surface area is 163 Å². The highest BCUT2D eigenvalue weighted by atomic mass is 32.1. The number of amides is 2. The number of hydrogen-bond acceptors (Lipinski definition) is 5. The Kier molecular flexibility index (Phi) is 6.98. The van der Waals surface area contributed by atoms with Crippen molar-refractivity contribution < 1.29 is 19.1 Å². The fourth-order valence-electron chi connectivity index (χ4n) is 2.96. The van der Waals surface area contributed by atoms with Crippen LogP contribution in [0.15, 0.2) is 41.8 Å². The number of hydrogen-bond donors (Lipinski definition) is 1. The second-order valence-electron chi connectivity index (χ2n) is 6.37. The molecule has 1 saturated heterocycles. The minimum atomic E-state index is -0.401. The van der Waals surface area contributed by atoms with Crippen LogP contribution in [0.25, 0.3) is 0 Å². The van der Waals surface area contributed by atoms with E-state index in [2.05, 4.69) is 5.32 Å². The maximum Gasteiger partial charge on any atom is 0.254 e. The average Bonchev–Trinajstić information content (AvgIpc) is 3.38. The van der Waals surface area contributed by atoms with Crippen LogP contribution in [0.2, 0.25) is 0 Å². The van der Waals surface area contributed by atoms with Gasteiger partial charge in [-0.05, 0) is 42.5 Å². The van der Waals surface area contributed by atoms with Gasteiger partial charge >= 0.3 is 0 Å². The fourth-order valence-corrected chi connectivity index (χ4v) is 3.68. The number of carbonyl (C=O) groups is 2. The maximum atomic E-state index is 13.0.